The summed E-state index contributed by atoms with van der Waals surface area (Å²) >= 11 is 0. The topological polar surface area (TPSA) is 75.9 Å². The van der Waals surface area contributed by atoms with Crippen LogP contribution in [0.1, 0.15) is 5.56 Å². The van der Waals surface area contributed by atoms with E-state index >= 15 is 0 Å². The Labute approximate surface area is 140 Å². The van der Waals surface area contributed by atoms with Crippen LogP contribution in [0.2, 0.25) is 0 Å². The van der Waals surface area contributed by atoms with Crippen LogP contribution >= 0.6 is 0 Å². The Morgan fingerprint density at radius 2 is 1.76 bits per heavy atom. The van der Waals surface area contributed by atoms with Crippen LogP contribution in [0.5, 0.6) is 0 Å². The van der Waals surface area contributed by atoms with Crippen molar-refractivity contribution in [3.8, 4) is 11.4 Å². The number of alkyl halides is 3. The van der Waals surface area contributed by atoms with Crippen molar-refractivity contribution >= 4 is 11.4 Å². The van der Waals surface area contributed by atoms with Gasteiger partial charge in [0.05, 0.1) is 18.7 Å². The van der Waals surface area contributed by atoms with Crippen LogP contribution in [-0.4, -0.2) is 31.9 Å². The number of hydrogen-bond donors (Lipinski definition) is 2. The number of aliphatic hydroxyl groups is 1. The summed E-state index contributed by atoms with van der Waals surface area (Å²) in [4.78, 5) is 1.27. The van der Waals surface area contributed by atoms with E-state index in [1.807, 2.05) is 0 Å². The van der Waals surface area contributed by atoms with Crippen LogP contribution in [0.3, 0.4) is 0 Å². The average Bonchev–Trinajstić information content (AvgIpc) is 3.04. The van der Waals surface area contributed by atoms with Gasteiger partial charge in [-0.1, -0.05) is 12.1 Å². The first kappa shape index (κ1) is 16.9. The highest BCUT2D eigenvalue weighted by molar-refractivity contribution is 5.77. The number of aliphatic hydroxyl groups excluding tert-OH is 1. The summed E-state index contributed by atoms with van der Waals surface area (Å²) in [6, 6.07) is 11.9. The first-order chi connectivity index (χ1) is 12.0. The molecule has 3 aromatic rings. The molecular weight excluding hydrogens is 335 g/mol. The van der Waals surface area contributed by atoms with Gasteiger partial charge in [0.15, 0.2) is 0 Å². The van der Waals surface area contributed by atoms with Crippen molar-refractivity contribution in [1.29, 1.82) is 0 Å². The molecule has 0 aliphatic carbocycles. The normalized spacial score (nSPS) is 11.5. The Kier molecular flexibility index (Phi) is 4.66. The van der Waals surface area contributed by atoms with Crippen molar-refractivity contribution in [3.05, 3.63) is 54.1 Å². The fourth-order valence-electron chi connectivity index (χ4n) is 2.22. The lowest BCUT2D eigenvalue weighted by molar-refractivity contribution is -0.137. The molecule has 0 aliphatic heterocycles. The van der Waals surface area contributed by atoms with Gasteiger partial charge in [-0.15, -0.1) is 10.2 Å². The molecule has 0 aliphatic rings. The van der Waals surface area contributed by atoms with Crippen LogP contribution in [0.4, 0.5) is 24.5 Å². The van der Waals surface area contributed by atoms with E-state index in [4.69, 9.17) is 5.11 Å². The molecule has 2 N–H and O–H groups in total. The molecule has 0 radical (unpaired) electrons. The van der Waals surface area contributed by atoms with E-state index < -0.39 is 11.7 Å². The third-order valence-electron chi connectivity index (χ3n) is 3.41. The molecule has 25 heavy (non-hydrogen) atoms. The van der Waals surface area contributed by atoms with Crippen molar-refractivity contribution in [2.24, 2.45) is 0 Å². The largest absolute Gasteiger partial charge is 0.416 e. The second kappa shape index (κ2) is 6.89. The van der Waals surface area contributed by atoms with Gasteiger partial charge in [0.25, 0.3) is 0 Å². The molecule has 130 valence electrons. The number of tetrazole rings is 1. The maximum Gasteiger partial charge on any atom is 0.416 e. The second-order valence-electron chi connectivity index (χ2n) is 5.18. The average molecular weight is 349 g/mol. The number of nitrogens with zero attached hydrogens (tertiary/aromatic N) is 4. The summed E-state index contributed by atoms with van der Waals surface area (Å²) in [5, 5.41) is 23.9. The van der Waals surface area contributed by atoms with Gasteiger partial charge in [-0.05, 0) is 41.6 Å². The highest BCUT2D eigenvalue weighted by Crippen LogP contribution is 2.32. The summed E-state index contributed by atoms with van der Waals surface area (Å²) in [6.45, 7) is 0.114. The number of aromatic nitrogens is 4. The predicted molar refractivity (Wildman–Crippen MR) is 85.1 cm³/mol. The molecule has 2 aromatic carbocycles. The van der Waals surface area contributed by atoms with Gasteiger partial charge in [0.2, 0.25) is 5.82 Å². The highest BCUT2D eigenvalue weighted by Gasteiger charge is 2.29. The molecule has 1 heterocycles. The standard InChI is InChI=1S/C16H14F3N5O/c17-16(18,19)11-5-7-12(8-6-11)20-14-4-2-1-3-13(14)15-21-23-24(22-15)9-10-25/h1-8,20,25H,9-10H2. The highest BCUT2D eigenvalue weighted by atomic mass is 19.4. The van der Waals surface area contributed by atoms with Crippen molar-refractivity contribution in [2.75, 3.05) is 11.9 Å². The lowest BCUT2D eigenvalue weighted by Crippen LogP contribution is -2.05. The maximum absolute atomic E-state index is 12.6. The minimum Gasteiger partial charge on any atom is -0.394 e. The van der Waals surface area contributed by atoms with Gasteiger partial charge in [0, 0.05) is 16.9 Å². The van der Waals surface area contributed by atoms with Gasteiger partial charge in [-0.2, -0.15) is 18.0 Å². The van der Waals surface area contributed by atoms with Crippen LogP contribution in [0.15, 0.2) is 48.5 Å². The smallest absolute Gasteiger partial charge is 0.394 e. The molecule has 3 rings (SSSR count). The zero-order valence-electron chi connectivity index (χ0n) is 12.9. The molecule has 0 bridgehead atoms. The third-order valence-corrected chi connectivity index (χ3v) is 3.41. The molecule has 6 nitrogen and oxygen atoms in total. The van der Waals surface area contributed by atoms with Gasteiger partial charge in [-0.25, -0.2) is 0 Å². The molecule has 0 atom stereocenters. The number of nitrogens with one attached hydrogen (secondary N) is 1. The third kappa shape index (κ3) is 3.94. The van der Waals surface area contributed by atoms with Crippen LogP contribution < -0.4 is 5.32 Å². The summed E-state index contributed by atoms with van der Waals surface area (Å²) < 4.78 is 37.9. The SMILES string of the molecule is OCCn1nnc(-c2ccccc2Nc2ccc(C(F)(F)F)cc2)n1. The summed E-state index contributed by atoms with van der Waals surface area (Å²) in [5.41, 5.74) is 1.07. The fourth-order valence-corrected chi connectivity index (χ4v) is 2.22. The Morgan fingerprint density at radius 1 is 1.04 bits per heavy atom. The van der Waals surface area contributed by atoms with E-state index in [0.717, 1.165) is 12.1 Å². The van der Waals surface area contributed by atoms with E-state index in [1.54, 1.807) is 24.3 Å². The maximum atomic E-state index is 12.6. The number of hydrogen-bond acceptors (Lipinski definition) is 5. The first-order valence-corrected chi connectivity index (χ1v) is 7.40. The lowest BCUT2D eigenvalue weighted by atomic mass is 10.1. The Bertz CT molecular complexity index is 845. The van der Waals surface area contributed by atoms with E-state index in [9.17, 15) is 13.2 Å². The summed E-state index contributed by atoms with van der Waals surface area (Å²) in [7, 11) is 0. The molecule has 0 spiro atoms. The zero-order valence-corrected chi connectivity index (χ0v) is 12.9. The minimum absolute atomic E-state index is 0.110. The molecule has 0 saturated carbocycles. The molecule has 0 amide bonds. The second-order valence-corrected chi connectivity index (χ2v) is 5.18. The van der Waals surface area contributed by atoms with E-state index in [-0.39, 0.29) is 13.2 Å². The van der Waals surface area contributed by atoms with Crippen molar-refractivity contribution in [1.82, 2.24) is 20.2 Å². The number of anilines is 2. The molecule has 0 unspecified atom stereocenters. The van der Waals surface area contributed by atoms with Crippen LogP contribution in [0, 0.1) is 0 Å². The van der Waals surface area contributed by atoms with Crippen LogP contribution in [-0.2, 0) is 12.7 Å². The molecular formula is C16H14F3N5O. The molecule has 9 heteroatoms. The summed E-state index contributed by atoms with van der Waals surface area (Å²) in [5.74, 6) is 0.350. The summed E-state index contributed by atoms with van der Waals surface area (Å²) in [6.07, 6.45) is -4.37. The molecule has 0 fully saturated rings. The number of benzene rings is 2. The monoisotopic (exact) mass is 349 g/mol. The van der Waals surface area contributed by atoms with E-state index in [1.165, 1.54) is 16.9 Å². The predicted octanol–water partition coefficient (Wildman–Crippen LogP) is 3.09. The van der Waals surface area contributed by atoms with Crippen molar-refractivity contribution in [3.63, 3.8) is 0 Å². The number of rotatable bonds is 5. The Morgan fingerprint density at radius 3 is 2.44 bits per heavy atom. The Hall–Kier alpha value is -2.94. The van der Waals surface area contributed by atoms with Gasteiger partial charge < -0.3 is 10.4 Å². The van der Waals surface area contributed by atoms with E-state index in [0.29, 0.717) is 22.8 Å². The number of para-hydroxylation sites is 1. The van der Waals surface area contributed by atoms with E-state index in [2.05, 4.69) is 20.7 Å². The minimum atomic E-state index is -4.37. The van der Waals surface area contributed by atoms with Crippen molar-refractivity contribution < 1.29 is 18.3 Å². The fraction of sp³-hybridized carbons (Fsp3) is 0.188. The lowest BCUT2D eigenvalue weighted by Gasteiger charge is -2.11. The van der Waals surface area contributed by atoms with Gasteiger partial charge >= 0.3 is 6.18 Å². The first-order valence-electron chi connectivity index (χ1n) is 7.40. The zero-order chi connectivity index (χ0) is 17.9. The Balaban J connectivity index is 1.85. The van der Waals surface area contributed by atoms with Gasteiger partial charge in [-0.3, -0.25) is 0 Å². The number of halogens is 3. The quantitative estimate of drug-likeness (QED) is 0.740. The van der Waals surface area contributed by atoms with Gasteiger partial charge in [0.1, 0.15) is 0 Å². The van der Waals surface area contributed by atoms with Crippen molar-refractivity contribution in [2.45, 2.75) is 12.7 Å². The molecule has 1 aromatic heterocycles. The van der Waals surface area contributed by atoms with Crippen LogP contribution in [0.25, 0.3) is 11.4 Å². The molecule has 0 saturated heterocycles.